The van der Waals surface area contributed by atoms with Gasteiger partial charge in [-0.2, -0.15) is 0 Å². The van der Waals surface area contributed by atoms with Gasteiger partial charge in [0.1, 0.15) is 6.10 Å². The van der Waals surface area contributed by atoms with Crippen LogP contribution in [0.5, 0.6) is 0 Å². The maximum Gasteiger partial charge on any atom is 0.303 e. The van der Waals surface area contributed by atoms with Gasteiger partial charge in [-0.1, -0.05) is 19.9 Å². The van der Waals surface area contributed by atoms with Crippen LogP contribution in [-0.2, 0) is 9.53 Å². The number of carbonyl (C=O) groups excluding carboxylic acids is 1. The molecule has 0 fully saturated rings. The van der Waals surface area contributed by atoms with Crippen molar-refractivity contribution in [2.24, 2.45) is 5.92 Å². The smallest absolute Gasteiger partial charge is 0.303 e. The molecule has 0 rings (SSSR count). The van der Waals surface area contributed by atoms with Gasteiger partial charge in [0.15, 0.2) is 0 Å². The molecular weight excluding hydrogens is 152 g/mol. The molecule has 0 heterocycles. The Bertz CT molecular complexity index is 159. The summed E-state index contributed by atoms with van der Waals surface area (Å²) in [5.74, 6) is 0.433. The Labute approximate surface area is 74.6 Å². The van der Waals surface area contributed by atoms with Gasteiger partial charge in [-0.3, -0.25) is 4.79 Å². The van der Waals surface area contributed by atoms with E-state index in [9.17, 15) is 4.79 Å². The fraction of sp³-hybridized carbons (Fsp3) is 0.700. The highest BCUT2D eigenvalue weighted by Crippen LogP contribution is 2.02. The molecule has 2 heteroatoms. The highest BCUT2D eigenvalue weighted by Gasteiger charge is 1.99. The lowest BCUT2D eigenvalue weighted by molar-refractivity contribution is -0.143. The highest BCUT2D eigenvalue weighted by molar-refractivity contribution is 5.66. The molecular formula is C10H18O2. The second-order valence-electron chi connectivity index (χ2n) is 3.37. The Morgan fingerprint density at radius 3 is 2.42 bits per heavy atom. The van der Waals surface area contributed by atoms with Gasteiger partial charge in [-0.15, -0.1) is 0 Å². The predicted molar refractivity (Wildman–Crippen MR) is 49.8 cm³/mol. The molecule has 0 saturated heterocycles. The third-order valence-corrected chi connectivity index (χ3v) is 1.37. The van der Waals surface area contributed by atoms with Gasteiger partial charge in [0.05, 0.1) is 0 Å². The first kappa shape index (κ1) is 11.2. The molecule has 1 atom stereocenters. The second kappa shape index (κ2) is 5.81. The summed E-state index contributed by atoms with van der Waals surface area (Å²) < 4.78 is 4.91. The average Bonchev–Trinajstić information content (AvgIpc) is 1.84. The van der Waals surface area contributed by atoms with E-state index in [1.807, 2.05) is 13.0 Å². The topological polar surface area (TPSA) is 26.3 Å². The van der Waals surface area contributed by atoms with Crippen molar-refractivity contribution >= 4 is 5.97 Å². The van der Waals surface area contributed by atoms with Crippen molar-refractivity contribution in [2.75, 3.05) is 0 Å². The molecule has 0 aliphatic rings. The molecule has 0 aromatic rings. The molecule has 0 bridgehead atoms. The zero-order valence-corrected chi connectivity index (χ0v) is 8.33. The number of ether oxygens (including phenoxy) is 1. The summed E-state index contributed by atoms with van der Waals surface area (Å²) in [5, 5.41) is 0. The SMILES string of the molecule is CC(=O)OC(C)C=CCC(C)C. The van der Waals surface area contributed by atoms with Gasteiger partial charge < -0.3 is 4.74 Å². The molecule has 0 N–H and O–H groups in total. The first-order valence-electron chi connectivity index (χ1n) is 4.36. The summed E-state index contributed by atoms with van der Waals surface area (Å²) in [7, 11) is 0. The minimum atomic E-state index is -0.225. The second-order valence-corrected chi connectivity index (χ2v) is 3.37. The molecule has 0 amide bonds. The quantitative estimate of drug-likeness (QED) is 0.478. The summed E-state index contributed by atoms with van der Waals surface area (Å²) >= 11 is 0. The molecule has 12 heavy (non-hydrogen) atoms. The summed E-state index contributed by atoms with van der Waals surface area (Å²) in [6.07, 6.45) is 4.91. The largest absolute Gasteiger partial charge is 0.459 e. The van der Waals surface area contributed by atoms with Gasteiger partial charge in [-0.05, 0) is 25.3 Å². The summed E-state index contributed by atoms with van der Waals surface area (Å²) in [4.78, 5) is 10.5. The van der Waals surface area contributed by atoms with Crippen LogP contribution in [-0.4, -0.2) is 12.1 Å². The van der Waals surface area contributed by atoms with Crippen LogP contribution >= 0.6 is 0 Å². The summed E-state index contributed by atoms with van der Waals surface area (Å²) in [6, 6.07) is 0. The maximum absolute atomic E-state index is 10.5. The lowest BCUT2D eigenvalue weighted by Crippen LogP contribution is -2.08. The Morgan fingerprint density at radius 1 is 1.42 bits per heavy atom. The van der Waals surface area contributed by atoms with Crippen LogP contribution in [0.15, 0.2) is 12.2 Å². The number of esters is 1. The number of carbonyl (C=O) groups is 1. The van der Waals surface area contributed by atoms with Gasteiger partial charge in [-0.25, -0.2) is 0 Å². The number of hydrogen-bond acceptors (Lipinski definition) is 2. The van der Waals surface area contributed by atoms with Crippen molar-refractivity contribution < 1.29 is 9.53 Å². The Morgan fingerprint density at radius 2 is 2.00 bits per heavy atom. The molecule has 0 aromatic heterocycles. The predicted octanol–water partition coefficient (Wildman–Crippen LogP) is 2.54. The Balaban J connectivity index is 3.60. The third kappa shape index (κ3) is 7.32. The van der Waals surface area contributed by atoms with Crippen LogP contribution in [0.3, 0.4) is 0 Å². The number of allylic oxidation sites excluding steroid dienone is 1. The lowest BCUT2D eigenvalue weighted by atomic mass is 10.1. The fourth-order valence-electron chi connectivity index (χ4n) is 0.843. The first-order chi connectivity index (χ1) is 5.52. The van der Waals surface area contributed by atoms with E-state index in [0.29, 0.717) is 5.92 Å². The monoisotopic (exact) mass is 170 g/mol. The van der Waals surface area contributed by atoms with Gasteiger partial charge in [0.2, 0.25) is 0 Å². The van der Waals surface area contributed by atoms with Crippen LogP contribution in [0.4, 0.5) is 0 Å². The van der Waals surface area contributed by atoms with E-state index >= 15 is 0 Å². The van der Waals surface area contributed by atoms with Crippen molar-refractivity contribution in [1.29, 1.82) is 0 Å². The minimum Gasteiger partial charge on any atom is -0.459 e. The number of rotatable bonds is 4. The van der Waals surface area contributed by atoms with Crippen molar-refractivity contribution in [3.8, 4) is 0 Å². The summed E-state index contributed by atoms with van der Waals surface area (Å²) in [6.45, 7) is 7.59. The van der Waals surface area contributed by atoms with Crippen LogP contribution in [0.2, 0.25) is 0 Å². The van der Waals surface area contributed by atoms with Crippen molar-refractivity contribution in [3.05, 3.63) is 12.2 Å². The number of hydrogen-bond donors (Lipinski definition) is 0. The zero-order valence-electron chi connectivity index (χ0n) is 8.33. The molecule has 0 aliphatic carbocycles. The van der Waals surface area contributed by atoms with E-state index in [-0.39, 0.29) is 12.1 Å². The molecule has 0 saturated carbocycles. The van der Waals surface area contributed by atoms with Crippen LogP contribution in [0.25, 0.3) is 0 Å². The van der Waals surface area contributed by atoms with Crippen LogP contribution < -0.4 is 0 Å². The molecule has 1 unspecified atom stereocenters. The van der Waals surface area contributed by atoms with Gasteiger partial charge in [0, 0.05) is 6.92 Å². The molecule has 70 valence electrons. The Kier molecular flexibility index (Phi) is 5.43. The maximum atomic E-state index is 10.5. The van der Waals surface area contributed by atoms with Gasteiger partial charge >= 0.3 is 5.97 Å². The lowest BCUT2D eigenvalue weighted by Gasteiger charge is -2.06. The van der Waals surface area contributed by atoms with Crippen LogP contribution in [0.1, 0.15) is 34.1 Å². The van der Waals surface area contributed by atoms with E-state index in [0.717, 1.165) is 6.42 Å². The van der Waals surface area contributed by atoms with E-state index in [1.165, 1.54) is 6.92 Å². The van der Waals surface area contributed by atoms with E-state index in [4.69, 9.17) is 4.74 Å². The molecule has 0 spiro atoms. The minimum absolute atomic E-state index is 0.0961. The molecule has 0 aliphatic heterocycles. The summed E-state index contributed by atoms with van der Waals surface area (Å²) in [5.41, 5.74) is 0. The zero-order chi connectivity index (χ0) is 9.56. The van der Waals surface area contributed by atoms with E-state index < -0.39 is 0 Å². The highest BCUT2D eigenvalue weighted by atomic mass is 16.5. The fourth-order valence-corrected chi connectivity index (χ4v) is 0.843. The van der Waals surface area contributed by atoms with Crippen molar-refractivity contribution in [2.45, 2.75) is 40.2 Å². The molecule has 0 aromatic carbocycles. The van der Waals surface area contributed by atoms with Crippen LogP contribution in [0, 0.1) is 5.92 Å². The van der Waals surface area contributed by atoms with Crippen molar-refractivity contribution in [1.82, 2.24) is 0 Å². The molecule has 0 radical (unpaired) electrons. The van der Waals surface area contributed by atoms with E-state index in [2.05, 4.69) is 19.9 Å². The van der Waals surface area contributed by atoms with E-state index in [1.54, 1.807) is 0 Å². The Hall–Kier alpha value is -0.790. The first-order valence-corrected chi connectivity index (χ1v) is 4.36. The standard InChI is InChI=1S/C10H18O2/c1-8(2)6-5-7-9(3)12-10(4)11/h5,7-9H,6H2,1-4H3. The third-order valence-electron chi connectivity index (χ3n) is 1.37. The molecule has 2 nitrogen and oxygen atoms in total. The van der Waals surface area contributed by atoms with Gasteiger partial charge in [0.25, 0.3) is 0 Å². The average molecular weight is 170 g/mol. The van der Waals surface area contributed by atoms with Crippen molar-refractivity contribution in [3.63, 3.8) is 0 Å². The normalized spacial score (nSPS) is 13.8.